The monoisotopic (exact) mass is 349 g/mol. The molecule has 0 aliphatic carbocycles. The van der Waals surface area contributed by atoms with E-state index in [0.29, 0.717) is 23.0 Å². The number of esters is 1. The van der Waals surface area contributed by atoms with Crippen molar-refractivity contribution in [2.75, 3.05) is 23.9 Å². The SMILES string of the molecule is CCOC(=O)c1ccc(NC(=O)C(C)n2c(N)nnc2SC)cc1. The van der Waals surface area contributed by atoms with E-state index in [1.165, 1.54) is 11.8 Å². The number of rotatable bonds is 6. The molecule has 0 saturated carbocycles. The van der Waals surface area contributed by atoms with Gasteiger partial charge in [0.2, 0.25) is 11.9 Å². The number of hydrogen-bond acceptors (Lipinski definition) is 7. The number of ether oxygens (including phenoxy) is 1. The lowest BCUT2D eigenvalue weighted by atomic mass is 10.2. The van der Waals surface area contributed by atoms with Gasteiger partial charge in [0.1, 0.15) is 6.04 Å². The Hall–Kier alpha value is -2.55. The lowest BCUT2D eigenvalue weighted by molar-refractivity contribution is -0.118. The summed E-state index contributed by atoms with van der Waals surface area (Å²) in [5, 5.41) is 11.0. The van der Waals surface area contributed by atoms with Crippen molar-refractivity contribution in [2.24, 2.45) is 0 Å². The highest BCUT2D eigenvalue weighted by molar-refractivity contribution is 7.98. The van der Waals surface area contributed by atoms with E-state index in [9.17, 15) is 9.59 Å². The number of nitrogen functional groups attached to an aromatic ring is 1. The van der Waals surface area contributed by atoms with E-state index in [0.717, 1.165) is 0 Å². The Morgan fingerprint density at radius 2 is 2.00 bits per heavy atom. The quantitative estimate of drug-likeness (QED) is 0.605. The van der Waals surface area contributed by atoms with Crippen LogP contribution in [0.1, 0.15) is 30.2 Å². The first-order valence-electron chi connectivity index (χ1n) is 7.30. The summed E-state index contributed by atoms with van der Waals surface area (Å²) in [7, 11) is 0. The number of carbonyl (C=O) groups is 2. The zero-order valence-corrected chi connectivity index (χ0v) is 14.5. The molecule has 0 fully saturated rings. The van der Waals surface area contributed by atoms with Gasteiger partial charge < -0.3 is 15.8 Å². The highest BCUT2D eigenvalue weighted by atomic mass is 32.2. The van der Waals surface area contributed by atoms with E-state index in [1.54, 1.807) is 42.7 Å². The number of thioether (sulfide) groups is 1. The second-order valence-electron chi connectivity index (χ2n) is 4.88. The summed E-state index contributed by atoms with van der Waals surface area (Å²) in [5.41, 5.74) is 6.77. The van der Waals surface area contributed by atoms with Gasteiger partial charge in [-0.05, 0) is 44.4 Å². The Morgan fingerprint density at radius 1 is 1.33 bits per heavy atom. The van der Waals surface area contributed by atoms with Gasteiger partial charge in [0, 0.05) is 5.69 Å². The smallest absolute Gasteiger partial charge is 0.338 e. The first-order valence-corrected chi connectivity index (χ1v) is 8.52. The molecule has 24 heavy (non-hydrogen) atoms. The van der Waals surface area contributed by atoms with Gasteiger partial charge in [-0.2, -0.15) is 0 Å². The Kier molecular flexibility index (Phi) is 5.80. The van der Waals surface area contributed by atoms with Crippen molar-refractivity contribution < 1.29 is 14.3 Å². The Balaban J connectivity index is 2.09. The zero-order chi connectivity index (χ0) is 17.7. The minimum Gasteiger partial charge on any atom is -0.462 e. The number of aromatic nitrogens is 3. The van der Waals surface area contributed by atoms with Crippen molar-refractivity contribution in [2.45, 2.75) is 25.0 Å². The standard InChI is InChI=1S/C15H19N5O3S/c1-4-23-13(22)10-5-7-11(8-6-10)17-12(21)9(2)20-14(16)18-19-15(20)24-3/h5-9H,4H2,1-3H3,(H2,16,18)(H,17,21). The number of benzene rings is 1. The number of nitrogens with zero attached hydrogens (tertiary/aromatic N) is 3. The molecule has 0 radical (unpaired) electrons. The van der Waals surface area contributed by atoms with Crippen LogP contribution in [-0.2, 0) is 9.53 Å². The van der Waals surface area contributed by atoms with Crippen LogP contribution in [0.2, 0.25) is 0 Å². The maximum Gasteiger partial charge on any atom is 0.338 e. The van der Waals surface area contributed by atoms with Gasteiger partial charge >= 0.3 is 5.97 Å². The maximum absolute atomic E-state index is 12.4. The summed E-state index contributed by atoms with van der Waals surface area (Å²) >= 11 is 1.36. The number of anilines is 2. The van der Waals surface area contributed by atoms with Crippen LogP contribution < -0.4 is 11.1 Å². The number of nitrogens with one attached hydrogen (secondary N) is 1. The molecule has 0 aliphatic rings. The minimum absolute atomic E-state index is 0.180. The molecule has 0 spiro atoms. The highest BCUT2D eigenvalue weighted by Gasteiger charge is 2.21. The zero-order valence-electron chi connectivity index (χ0n) is 13.6. The molecule has 128 valence electrons. The van der Waals surface area contributed by atoms with Gasteiger partial charge in [0.05, 0.1) is 12.2 Å². The van der Waals surface area contributed by atoms with Gasteiger partial charge in [-0.3, -0.25) is 9.36 Å². The molecule has 3 N–H and O–H groups in total. The normalized spacial score (nSPS) is 11.8. The third-order valence-corrected chi connectivity index (χ3v) is 3.95. The van der Waals surface area contributed by atoms with E-state index in [-0.39, 0.29) is 11.9 Å². The highest BCUT2D eigenvalue weighted by Crippen LogP contribution is 2.22. The third kappa shape index (κ3) is 3.85. The summed E-state index contributed by atoms with van der Waals surface area (Å²) in [5.74, 6) is -0.481. The van der Waals surface area contributed by atoms with Crippen LogP contribution in [0.3, 0.4) is 0 Å². The second-order valence-corrected chi connectivity index (χ2v) is 5.65. The summed E-state index contributed by atoms with van der Waals surface area (Å²) in [6, 6.07) is 5.90. The van der Waals surface area contributed by atoms with Gasteiger partial charge in [-0.15, -0.1) is 10.2 Å². The average molecular weight is 349 g/mol. The summed E-state index contributed by atoms with van der Waals surface area (Å²) < 4.78 is 6.48. The molecular formula is C15H19N5O3S. The van der Waals surface area contributed by atoms with Crippen LogP contribution in [-0.4, -0.2) is 39.5 Å². The van der Waals surface area contributed by atoms with Crippen molar-refractivity contribution >= 4 is 35.3 Å². The Morgan fingerprint density at radius 3 is 2.58 bits per heavy atom. The van der Waals surface area contributed by atoms with Crippen LogP contribution in [0.15, 0.2) is 29.4 Å². The van der Waals surface area contributed by atoms with Crippen LogP contribution in [0.25, 0.3) is 0 Å². The number of hydrogen-bond donors (Lipinski definition) is 2. The van der Waals surface area contributed by atoms with Crippen LogP contribution in [0.5, 0.6) is 0 Å². The number of amides is 1. The van der Waals surface area contributed by atoms with Crippen molar-refractivity contribution in [1.29, 1.82) is 0 Å². The first kappa shape index (κ1) is 17.8. The molecule has 1 atom stereocenters. The van der Waals surface area contributed by atoms with Crippen molar-refractivity contribution in [3.8, 4) is 0 Å². The third-order valence-electron chi connectivity index (χ3n) is 3.30. The molecule has 1 unspecified atom stereocenters. The van der Waals surface area contributed by atoms with Crippen LogP contribution in [0, 0.1) is 0 Å². The molecule has 8 nitrogen and oxygen atoms in total. The molecule has 0 aliphatic heterocycles. The Bertz CT molecular complexity index is 729. The van der Waals surface area contributed by atoms with Crippen molar-refractivity contribution in [1.82, 2.24) is 14.8 Å². The largest absolute Gasteiger partial charge is 0.462 e. The van der Waals surface area contributed by atoms with E-state index in [1.807, 2.05) is 6.26 Å². The lowest BCUT2D eigenvalue weighted by Crippen LogP contribution is -2.25. The fourth-order valence-electron chi connectivity index (χ4n) is 2.06. The van der Waals surface area contributed by atoms with E-state index < -0.39 is 12.0 Å². The molecule has 1 aromatic carbocycles. The van der Waals surface area contributed by atoms with Crippen molar-refractivity contribution in [3.05, 3.63) is 29.8 Å². The second kappa shape index (κ2) is 7.82. The van der Waals surface area contributed by atoms with E-state index in [4.69, 9.17) is 10.5 Å². The number of nitrogens with two attached hydrogens (primary N) is 1. The molecular weight excluding hydrogens is 330 g/mol. The molecule has 1 aromatic heterocycles. The average Bonchev–Trinajstić information content (AvgIpc) is 2.95. The molecule has 2 rings (SSSR count). The number of carbonyl (C=O) groups excluding carboxylic acids is 2. The molecule has 1 heterocycles. The first-order chi connectivity index (χ1) is 11.5. The van der Waals surface area contributed by atoms with E-state index in [2.05, 4.69) is 15.5 Å². The summed E-state index contributed by atoms with van der Waals surface area (Å²) in [6.45, 7) is 3.77. The van der Waals surface area contributed by atoms with E-state index >= 15 is 0 Å². The molecule has 1 amide bonds. The van der Waals surface area contributed by atoms with Crippen LogP contribution in [0.4, 0.5) is 11.6 Å². The fourth-order valence-corrected chi connectivity index (χ4v) is 2.63. The molecule has 2 aromatic rings. The fraction of sp³-hybridized carbons (Fsp3) is 0.333. The topological polar surface area (TPSA) is 112 Å². The van der Waals surface area contributed by atoms with Crippen molar-refractivity contribution in [3.63, 3.8) is 0 Å². The minimum atomic E-state index is -0.577. The van der Waals surface area contributed by atoms with Gasteiger partial charge in [0.25, 0.3) is 0 Å². The van der Waals surface area contributed by atoms with Gasteiger partial charge in [-0.25, -0.2) is 4.79 Å². The van der Waals surface area contributed by atoms with Gasteiger partial charge in [-0.1, -0.05) is 11.8 Å². The molecule has 9 heteroatoms. The van der Waals surface area contributed by atoms with Gasteiger partial charge in [0.15, 0.2) is 5.16 Å². The summed E-state index contributed by atoms with van der Waals surface area (Å²) in [6.07, 6.45) is 1.83. The van der Waals surface area contributed by atoms with Crippen LogP contribution >= 0.6 is 11.8 Å². The Labute approximate surface area is 143 Å². The molecule has 0 saturated heterocycles. The predicted octanol–water partition coefficient (Wildman–Crippen LogP) is 1.96. The maximum atomic E-state index is 12.4. The molecule has 0 bridgehead atoms. The summed E-state index contributed by atoms with van der Waals surface area (Å²) in [4.78, 5) is 24.0. The lowest BCUT2D eigenvalue weighted by Gasteiger charge is -2.16. The predicted molar refractivity (Wildman–Crippen MR) is 92.0 cm³/mol.